The molecule has 0 spiro atoms. The van der Waals surface area contributed by atoms with Gasteiger partial charge < -0.3 is 9.64 Å². The Morgan fingerprint density at radius 1 is 1.21 bits per heavy atom. The Morgan fingerprint density at radius 2 is 1.88 bits per heavy atom. The van der Waals surface area contributed by atoms with Crippen LogP contribution in [-0.2, 0) is 16.0 Å². The molecule has 4 heteroatoms. The van der Waals surface area contributed by atoms with E-state index >= 15 is 0 Å². The fourth-order valence-corrected chi connectivity index (χ4v) is 3.28. The van der Waals surface area contributed by atoms with E-state index in [0.29, 0.717) is 24.3 Å². The van der Waals surface area contributed by atoms with Gasteiger partial charge >= 0.3 is 0 Å². The van der Waals surface area contributed by atoms with Crippen molar-refractivity contribution >= 4 is 21.8 Å². The maximum absolute atomic E-state index is 12.3. The molecule has 1 heterocycles. The van der Waals surface area contributed by atoms with Gasteiger partial charge in [0.25, 0.3) is 0 Å². The first-order chi connectivity index (χ1) is 11.5. The highest BCUT2D eigenvalue weighted by molar-refractivity contribution is 9.10. The lowest BCUT2D eigenvalue weighted by molar-refractivity contribution is -0.134. The summed E-state index contributed by atoms with van der Waals surface area (Å²) in [6.45, 7) is 6.89. The number of piperidine rings is 1. The summed E-state index contributed by atoms with van der Waals surface area (Å²) >= 11 is 3.45. The summed E-state index contributed by atoms with van der Waals surface area (Å²) in [4.78, 5) is 14.3. The molecule has 134 valence electrons. The van der Waals surface area contributed by atoms with Crippen molar-refractivity contribution < 1.29 is 9.53 Å². The number of hydrogen-bond donors (Lipinski definition) is 0. The monoisotopic (exact) mass is 395 g/mol. The predicted molar refractivity (Wildman–Crippen MR) is 102 cm³/mol. The average molecular weight is 396 g/mol. The third-order valence-corrected chi connectivity index (χ3v) is 5.01. The van der Waals surface area contributed by atoms with Gasteiger partial charge in [-0.1, -0.05) is 41.9 Å². The number of nitrogens with zero attached hydrogens (tertiary/aromatic N) is 1. The van der Waals surface area contributed by atoms with Gasteiger partial charge in [-0.2, -0.15) is 0 Å². The van der Waals surface area contributed by atoms with Crippen molar-refractivity contribution in [2.24, 2.45) is 5.92 Å². The Morgan fingerprint density at radius 3 is 2.50 bits per heavy atom. The Bertz CT molecular complexity index is 493. The Hall–Kier alpha value is -0.870. The molecule has 1 aliphatic rings. The van der Waals surface area contributed by atoms with Crippen molar-refractivity contribution in [2.45, 2.75) is 58.5 Å². The summed E-state index contributed by atoms with van der Waals surface area (Å²) in [5, 5.41) is 0. The van der Waals surface area contributed by atoms with Crippen LogP contribution in [-0.4, -0.2) is 36.6 Å². The lowest BCUT2D eigenvalue weighted by atomic mass is 10.0. The molecule has 0 aromatic heterocycles. The van der Waals surface area contributed by atoms with Crippen molar-refractivity contribution in [3.8, 4) is 0 Å². The number of likely N-dealkylation sites (tertiary alicyclic amines) is 1. The molecule has 2 rings (SSSR count). The van der Waals surface area contributed by atoms with Crippen LogP contribution in [0.1, 0.15) is 51.5 Å². The standard InChI is InChI=1S/C20H30BrNO2/c1-16(2)15-24-19-11-13-22(14-12-19)20(23)6-4-3-5-17-7-9-18(21)10-8-17/h7-10,16,19H,3-6,11-15H2,1-2H3. The van der Waals surface area contributed by atoms with E-state index in [1.807, 2.05) is 4.90 Å². The molecular weight excluding hydrogens is 366 g/mol. The van der Waals surface area contributed by atoms with Gasteiger partial charge in [-0.05, 0) is 55.7 Å². The zero-order valence-electron chi connectivity index (χ0n) is 15.0. The molecule has 1 aromatic rings. The second-order valence-electron chi connectivity index (χ2n) is 7.14. The van der Waals surface area contributed by atoms with E-state index in [4.69, 9.17) is 4.74 Å². The van der Waals surface area contributed by atoms with E-state index in [0.717, 1.165) is 56.3 Å². The molecule has 24 heavy (non-hydrogen) atoms. The fraction of sp³-hybridized carbons (Fsp3) is 0.650. The van der Waals surface area contributed by atoms with Gasteiger partial charge in [-0.3, -0.25) is 4.79 Å². The molecule has 0 unspecified atom stereocenters. The second kappa shape index (κ2) is 10.2. The molecule has 0 aliphatic carbocycles. The Kier molecular flexibility index (Phi) is 8.26. The molecular formula is C20H30BrNO2. The number of ether oxygens (including phenoxy) is 1. The molecule has 1 aromatic carbocycles. The Labute approximate surface area is 154 Å². The highest BCUT2D eigenvalue weighted by atomic mass is 79.9. The van der Waals surface area contributed by atoms with E-state index in [1.165, 1.54) is 5.56 Å². The molecule has 0 atom stereocenters. The van der Waals surface area contributed by atoms with Crippen molar-refractivity contribution in [2.75, 3.05) is 19.7 Å². The van der Waals surface area contributed by atoms with Crippen LogP contribution in [0.5, 0.6) is 0 Å². The van der Waals surface area contributed by atoms with Crippen LogP contribution in [0.4, 0.5) is 0 Å². The normalized spacial score (nSPS) is 15.9. The van der Waals surface area contributed by atoms with Crippen LogP contribution < -0.4 is 0 Å². The van der Waals surface area contributed by atoms with Crippen LogP contribution >= 0.6 is 15.9 Å². The first-order valence-corrected chi connectivity index (χ1v) is 9.97. The molecule has 1 fully saturated rings. The fourth-order valence-electron chi connectivity index (χ4n) is 3.01. The van der Waals surface area contributed by atoms with E-state index in [9.17, 15) is 4.79 Å². The van der Waals surface area contributed by atoms with E-state index < -0.39 is 0 Å². The number of aryl methyl sites for hydroxylation is 1. The summed E-state index contributed by atoms with van der Waals surface area (Å²) in [5.41, 5.74) is 1.34. The number of amides is 1. The summed E-state index contributed by atoms with van der Waals surface area (Å²) in [6, 6.07) is 8.44. The lowest BCUT2D eigenvalue weighted by Crippen LogP contribution is -2.41. The average Bonchev–Trinajstić information content (AvgIpc) is 2.58. The molecule has 1 amide bonds. The summed E-state index contributed by atoms with van der Waals surface area (Å²) in [5.74, 6) is 0.892. The number of benzene rings is 1. The van der Waals surface area contributed by atoms with Crippen LogP contribution in [0, 0.1) is 5.92 Å². The third-order valence-electron chi connectivity index (χ3n) is 4.48. The Balaban J connectivity index is 1.59. The number of carbonyl (C=O) groups is 1. The molecule has 3 nitrogen and oxygen atoms in total. The van der Waals surface area contributed by atoms with Gasteiger partial charge in [-0.15, -0.1) is 0 Å². The van der Waals surface area contributed by atoms with Gasteiger partial charge in [-0.25, -0.2) is 0 Å². The quantitative estimate of drug-likeness (QED) is 0.590. The van der Waals surface area contributed by atoms with Gasteiger partial charge in [0.05, 0.1) is 6.10 Å². The van der Waals surface area contributed by atoms with Gasteiger partial charge in [0.15, 0.2) is 0 Å². The lowest BCUT2D eigenvalue weighted by Gasteiger charge is -2.32. The first-order valence-electron chi connectivity index (χ1n) is 9.18. The van der Waals surface area contributed by atoms with E-state index in [1.54, 1.807) is 0 Å². The predicted octanol–water partition coefficient (Wildman–Crippen LogP) is 4.83. The third kappa shape index (κ3) is 6.94. The van der Waals surface area contributed by atoms with Crippen molar-refractivity contribution in [3.63, 3.8) is 0 Å². The number of halogens is 1. The van der Waals surface area contributed by atoms with E-state index in [-0.39, 0.29) is 0 Å². The summed E-state index contributed by atoms with van der Waals surface area (Å²) in [7, 11) is 0. The number of hydrogen-bond acceptors (Lipinski definition) is 2. The zero-order chi connectivity index (χ0) is 17.4. The number of rotatable bonds is 8. The number of unbranched alkanes of at least 4 members (excludes halogenated alkanes) is 1. The molecule has 0 N–H and O–H groups in total. The van der Waals surface area contributed by atoms with Crippen LogP contribution in [0.2, 0.25) is 0 Å². The summed E-state index contributed by atoms with van der Waals surface area (Å²) < 4.78 is 7.00. The molecule has 0 radical (unpaired) electrons. The largest absolute Gasteiger partial charge is 0.378 e. The smallest absolute Gasteiger partial charge is 0.222 e. The van der Waals surface area contributed by atoms with Crippen molar-refractivity contribution in [3.05, 3.63) is 34.3 Å². The van der Waals surface area contributed by atoms with Crippen molar-refractivity contribution in [1.29, 1.82) is 0 Å². The van der Waals surface area contributed by atoms with Crippen molar-refractivity contribution in [1.82, 2.24) is 4.90 Å². The van der Waals surface area contributed by atoms with Crippen LogP contribution in [0.25, 0.3) is 0 Å². The minimum absolute atomic E-state index is 0.313. The van der Waals surface area contributed by atoms with E-state index in [2.05, 4.69) is 54.0 Å². The van der Waals surface area contributed by atoms with Gasteiger partial charge in [0.1, 0.15) is 0 Å². The molecule has 0 saturated carbocycles. The maximum atomic E-state index is 12.3. The van der Waals surface area contributed by atoms with Gasteiger partial charge in [0, 0.05) is 30.6 Å². The van der Waals surface area contributed by atoms with Gasteiger partial charge in [0.2, 0.25) is 5.91 Å². The van der Waals surface area contributed by atoms with Crippen LogP contribution in [0.3, 0.4) is 0 Å². The first kappa shape index (κ1) is 19.5. The molecule has 1 aliphatic heterocycles. The number of carbonyl (C=O) groups excluding carboxylic acids is 1. The zero-order valence-corrected chi connectivity index (χ0v) is 16.6. The van der Waals surface area contributed by atoms with Crippen LogP contribution in [0.15, 0.2) is 28.7 Å². The molecule has 1 saturated heterocycles. The second-order valence-corrected chi connectivity index (χ2v) is 8.06. The highest BCUT2D eigenvalue weighted by Gasteiger charge is 2.22. The minimum Gasteiger partial charge on any atom is -0.378 e. The highest BCUT2D eigenvalue weighted by Crippen LogP contribution is 2.17. The summed E-state index contributed by atoms with van der Waals surface area (Å²) in [6.07, 6.45) is 6.07. The maximum Gasteiger partial charge on any atom is 0.222 e. The SMILES string of the molecule is CC(C)COC1CCN(C(=O)CCCCc2ccc(Br)cc2)CC1. The minimum atomic E-state index is 0.313. The topological polar surface area (TPSA) is 29.5 Å². The molecule has 0 bridgehead atoms.